The molecule has 0 unspecified atom stereocenters. The smallest absolute Gasteiger partial charge is 0.337 e. The van der Waals surface area contributed by atoms with Gasteiger partial charge in [-0.1, -0.05) is 48.5 Å². The first-order valence-corrected chi connectivity index (χ1v) is 9.22. The summed E-state index contributed by atoms with van der Waals surface area (Å²) in [5, 5.41) is 20.2. The minimum Gasteiger partial charge on any atom is -0.493 e. The van der Waals surface area contributed by atoms with E-state index in [0.29, 0.717) is 28.9 Å². The molecule has 0 aliphatic heterocycles. The minimum atomic E-state index is -1.20. The van der Waals surface area contributed by atoms with E-state index in [1.54, 1.807) is 6.07 Å². The van der Waals surface area contributed by atoms with Gasteiger partial charge in [0.05, 0.1) is 18.8 Å². The highest BCUT2D eigenvalue weighted by Gasteiger charge is 2.22. The summed E-state index contributed by atoms with van der Waals surface area (Å²) >= 11 is 0. The van der Waals surface area contributed by atoms with Crippen LogP contribution < -0.4 is 9.47 Å². The average molecular weight is 403 g/mol. The Kier molecular flexibility index (Phi) is 6.68. The fraction of sp³-hybridized carbons (Fsp3) is 0.167. The molecule has 0 bridgehead atoms. The van der Waals surface area contributed by atoms with Gasteiger partial charge in [0.1, 0.15) is 0 Å². The lowest BCUT2D eigenvalue weighted by atomic mass is 9.91. The number of carbonyl (C=O) groups is 1. The Morgan fingerprint density at radius 1 is 1.13 bits per heavy atom. The molecule has 0 aliphatic rings. The molecule has 3 aromatic rings. The standard InChI is InChI=1S/C24H21NO5/c1-28-15-30-23-21(29-2)14-20(19(11-12-25)24(26)27)18-10-6-9-17(22(18)23)13-16-7-4-3-5-8-16/h3-11,14H,13,15H2,1-2H3,(H,26,27)/b19-11+. The number of ether oxygens (including phenoxy) is 3. The molecule has 0 radical (unpaired) electrons. The number of aliphatic carboxylic acids is 1. The van der Waals surface area contributed by atoms with Crippen LogP contribution in [0.15, 0.2) is 60.7 Å². The van der Waals surface area contributed by atoms with Crippen LogP contribution in [0, 0.1) is 11.3 Å². The van der Waals surface area contributed by atoms with Crippen LogP contribution in [0.25, 0.3) is 16.3 Å². The summed E-state index contributed by atoms with van der Waals surface area (Å²) in [7, 11) is 3.00. The summed E-state index contributed by atoms with van der Waals surface area (Å²) in [4.78, 5) is 11.9. The van der Waals surface area contributed by atoms with E-state index in [-0.39, 0.29) is 12.4 Å². The molecule has 0 aliphatic carbocycles. The van der Waals surface area contributed by atoms with Crippen LogP contribution in [-0.2, 0) is 16.0 Å². The summed E-state index contributed by atoms with van der Waals surface area (Å²) < 4.78 is 16.4. The van der Waals surface area contributed by atoms with Crippen molar-refractivity contribution < 1.29 is 24.1 Å². The van der Waals surface area contributed by atoms with Crippen molar-refractivity contribution in [3.05, 3.63) is 77.4 Å². The van der Waals surface area contributed by atoms with Crippen molar-refractivity contribution in [3.63, 3.8) is 0 Å². The number of hydrogen-bond acceptors (Lipinski definition) is 5. The molecule has 0 saturated carbocycles. The maximum Gasteiger partial charge on any atom is 0.337 e. The second-order valence-electron chi connectivity index (χ2n) is 6.50. The van der Waals surface area contributed by atoms with E-state index in [0.717, 1.165) is 22.6 Å². The fourth-order valence-corrected chi connectivity index (χ4v) is 3.41. The predicted octanol–water partition coefficient (Wildman–Crippen LogP) is 4.41. The van der Waals surface area contributed by atoms with Crippen LogP contribution in [0.1, 0.15) is 16.7 Å². The molecule has 3 rings (SSSR count). The Bertz CT molecular complexity index is 1130. The Morgan fingerprint density at radius 2 is 1.90 bits per heavy atom. The third-order valence-corrected chi connectivity index (χ3v) is 4.68. The molecule has 1 N–H and O–H groups in total. The Hall–Kier alpha value is -3.82. The lowest BCUT2D eigenvalue weighted by molar-refractivity contribution is -0.130. The summed E-state index contributed by atoms with van der Waals surface area (Å²) in [6, 6.07) is 19.0. The Morgan fingerprint density at radius 3 is 2.53 bits per heavy atom. The van der Waals surface area contributed by atoms with Crippen LogP contribution in [-0.4, -0.2) is 32.1 Å². The normalized spacial score (nSPS) is 11.2. The van der Waals surface area contributed by atoms with Gasteiger partial charge in [0.25, 0.3) is 0 Å². The zero-order valence-electron chi connectivity index (χ0n) is 16.7. The van der Waals surface area contributed by atoms with Crippen molar-refractivity contribution in [2.75, 3.05) is 21.0 Å². The van der Waals surface area contributed by atoms with E-state index >= 15 is 0 Å². The number of fused-ring (bicyclic) bond motifs is 1. The number of nitrogens with zero attached hydrogens (tertiary/aromatic N) is 1. The summed E-state index contributed by atoms with van der Waals surface area (Å²) in [5.41, 5.74) is 2.30. The van der Waals surface area contributed by atoms with Crippen molar-refractivity contribution in [3.8, 4) is 17.6 Å². The lowest BCUT2D eigenvalue weighted by Crippen LogP contribution is -2.06. The molecule has 0 amide bonds. The zero-order valence-corrected chi connectivity index (χ0v) is 16.7. The quantitative estimate of drug-likeness (QED) is 0.340. The number of rotatable bonds is 8. The molecule has 0 spiro atoms. The van der Waals surface area contributed by atoms with Gasteiger partial charge in [0.2, 0.25) is 0 Å². The highest BCUT2D eigenvalue weighted by molar-refractivity contribution is 6.20. The number of benzene rings is 3. The molecule has 6 heteroatoms. The van der Waals surface area contributed by atoms with E-state index in [1.165, 1.54) is 14.2 Å². The zero-order chi connectivity index (χ0) is 21.5. The second-order valence-corrected chi connectivity index (χ2v) is 6.50. The monoisotopic (exact) mass is 403 g/mol. The van der Waals surface area contributed by atoms with E-state index in [4.69, 9.17) is 19.5 Å². The summed E-state index contributed by atoms with van der Waals surface area (Å²) in [5.74, 6) is -0.370. The van der Waals surface area contributed by atoms with E-state index in [9.17, 15) is 9.90 Å². The average Bonchev–Trinajstić information content (AvgIpc) is 2.76. The van der Waals surface area contributed by atoms with Gasteiger partial charge >= 0.3 is 5.97 Å². The first kappa shape index (κ1) is 20.9. The van der Waals surface area contributed by atoms with Gasteiger partial charge in [0.15, 0.2) is 18.3 Å². The highest BCUT2D eigenvalue weighted by Crippen LogP contribution is 2.42. The number of hydrogen-bond donors (Lipinski definition) is 1. The third-order valence-electron chi connectivity index (χ3n) is 4.68. The SMILES string of the molecule is COCOc1c(OC)cc(/C(=C\C#N)C(=O)O)c2cccc(Cc3ccccc3)c12. The topological polar surface area (TPSA) is 88.8 Å². The van der Waals surface area contributed by atoms with Crippen LogP contribution >= 0.6 is 0 Å². The molecule has 6 nitrogen and oxygen atoms in total. The second kappa shape index (κ2) is 9.59. The van der Waals surface area contributed by atoms with Gasteiger partial charge in [-0.15, -0.1) is 0 Å². The van der Waals surface area contributed by atoms with E-state index < -0.39 is 5.97 Å². The first-order valence-electron chi connectivity index (χ1n) is 9.22. The molecule has 0 saturated heterocycles. The van der Waals surface area contributed by atoms with Crippen LogP contribution in [0.3, 0.4) is 0 Å². The molecular formula is C24H21NO5. The van der Waals surface area contributed by atoms with Crippen LogP contribution in [0.2, 0.25) is 0 Å². The molecule has 3 aromatic carbocycles. The van der Waals surface area contributed by atoms with Gasteiger partial charge in [-0.25, -0.2) is 4.79 Å². The molecule has 0 fully saturated rings. The molecule has 0 atom stereocenters. The Balaban J connectivity index is 2.35. The number of nitriles is 1. The number of carboxylic acid groups (broad SMARTS) is 1. The summed E-state index contributed by atoms with van der Waals surface area (Å²) in [6.45, 7) is 0.00427. The number of allylic oxidation sites excluding steroid dienone is 1. The molecule has 30 heavy (non-hydrogen) atoms. The maximum atomic E-state index is 11.9. The summed E-state index contributed by atoms with van der Waals surface area (Å²) in [6.07, 6.45) is 1.63. The van der Waals surface area contributed by atoms with Gasteiger partial charge < -0.3 is 19.3 Å². The van der Waals surface area contributed by atoms with Gasteiger partial charge in [0, 0.05) is 24.1 Å². The van der Waals surface area contributed by atoms with E-state index in [1.807, 2.05) is 54.6 Å². The lowest BCUT2D eigenvalue weighted by Gasteiger charge is -2.19. The molecule has 0 heterocycles. The van der Waals surface area contributed by atoms with Crippen molar-refractivity contribution in [2.45, 2.75) is 6.42 Å². The van der Waals surface area contributed by atoms with Crippen LogP contribution in [0.4, 0.5) is 0 Å². The van der Waals surface area contributed by atoms with Crippen LogP contribution in [0.5, 0.6) is 11.5 Å². The number of carboxylic acids is 1. The first-order chi connectivity index (χ1) is 14.6. The Labute approximate surface area is 174 Å². The number of methoxy groups -OCH3 is 2. The highest BCUT2D eigenvalue weighted by atomic mass is 16.7. The van der Waals surface area contributed by atoms with Gasteiger partial charge in [-0.05, 0) is 29.0 Å². The van der Waals surface area contributed by atoms with E-state index in [2.05, 4.69) is 0 Å². The molecule has 0 aromatic heterocycles. The van der Waals surface area contributed by atoms with Crippen molar-refractivity contribution >= 4 is 22.3 Å². The largest absolute Gasteiger partial charge is 0.493 e. The fourth-order valence-electron chi connectivity index (χ4n) is 3.41. The maximum absolute atomic E-state index is 11.9. The third kappa shape index (κ3) is 4.27. The van der Waals surface area contributed by atoms with Crippen molar-refractivity contribution in [1.29, 1.82) is 5.26 Å². The molecular weight excluding hydrogens is 382 g/mol. The predicted molar refractivity (Wildman–Crippen MR) is 113 cm³/mol. The van der Waals surface area contributed by atoms with Crippen molar-refractivity contribution in [1.82, 2.24) is 0 Å². The van der Waals surface area contributed by atoms with Gasteiger partial charge in [-0.3, -0.25) is 0 Å². The minimum absolute atomic E-state index is 0.00427. The van der Waals surface area contributed by atoms with Gasteiger partial charge in [-0.2, -0.15) is 5.26 Å². The van der Waals surface area contributed by atoms with Crippen molar-refractivity contribution in [2.24, 2.45) is 0 Å². The molecule has 152 valence electrons.